The number of aryl methyl sites for hydroxylation is 1. The Morgan fingerprint density at radius 2 is 2.08 bits per heavy atom. The number of benzene rings is 1. The first-order valence-electron chi connectivity index (χ1n) is 7.64. The second kappa shape index (κ2) is 6.63. The number of esters is 1. The van der Waals surface area contributed by atoms with Crippen LogP contribution in [0.15, 0.2) is 29.3 Å². The van der Waals surface area contributed by atoms with E-state index in [9.17, 15) is 13.2 Å². The lowest BCUT2D eigenvalue weighted by atomic mass is 9.98. The molecule has 0 amide bonds. The standard InChI is InChI=1S/C16H16Cl2N2O4S/c1-3-20-13(6-7-19-20)24-16(21)10-4-5-12-14(9(10)2)15(18)11(17)8-25(12,22)23/h4-7,11,15H,3,8H2,1-2H3. The van der Waals surface area contributed by atoms with Crippen molar-refractivity contribution in [3.63, 3.8) is 0 Å². The molecule has 1 aliphatic rings. The maximum atomic E-state index is 12.5. The molecule has 2 atom stereocenters. The summed E-state index contributed by atoms with van der Waals surface area (Å²) >= 11 is 12.4. The molecule has 6 nitrogen and oxygen atoms in total. The first kappa shape index (κ1) is 18.2. The fourth-order valence-corrected chi connectivity index (χ4v) is 5.74. The summed E-state index contributed by atoms with van der Waals surface area (Å²) in [7, 11) is -3.53. The molecule has 1 aliphatic heterocycles. The molecular formula is C16H16Cl2N2O4S. The van der Waals surface area contributed by atoms with E-state index >= 15 is 0 Å². The van der Waals surface area contributed by atoms with Crippen LogP contribution in [0.2, 0.25) is 0 Å². The Labute approximate surface area is 155 Å². The zero-order valence-corrected chi connectivity index (χ0v) is 15.9. The third-order valence-electron chi connectivity index (χ3n) is 4.18. The van der Waals surface area contributed by atoms with Crippen LogP contribution in [0.4, 0.5) is 0 Å². The van der Waals surface area contributed by atoms with Crippen LogP contribution < -0.4 is 4.74 Å². The monoisotopic (exact) mass is 402 g/mol. The number of nitrogens with zero attached hydrogens (tertiary/aromatic N) is 2. The van der Waals surface area contributed by atoms with Crippen molar-refractivity contribution in [3.05, 3.63) is 41.1 Å². The third-order valence-corrected chi connectivity index (χ3v) is 7.24. The number of ether oxygens (including phenoxy) is 1. The Morgan fingerprint density at radius 1 is 1.36 bits per heavy atom. The van der Waals surface area contributed by atoms with E-state index in [2.05, 4.69) is 5.10 Å². The minimum absolute atomic E-state index is 0.122. The minimum atomic E-state index is -3.53. The SMILES string of the molecule is CCn1nccc1OC(=O)c1ccc2c(c1C)C(Cl)C(Cl)CS2(=O)=O. The van der Waals surface area contributed by atoms with Gasteiger partial charge in [-0.15, -0.1) is 23.2 Å². The van der Waals surface area contributed by atoms with Gasteiger partial charge in [-0.3, -0.25) is 0 Å². The Morgan fingerprint density at radius 3 is 2.76 bits per heavy atom. The van der Waals surface area contributed by atoms with E-state index in [-0.39, 0.29) is 16.2 Å². The number of aromatic nitrogens is 2. The van der Waals surface area contributed by atoms with Gasteiger partial charge in [-0.25, -0.2) is 17.9 Å². The summed E-state index contributed by atoms with van der Waals surface area (Å²) in [4.78, 5) is 12.7. The number of alkyl halides is 2. The van der Waals surface area contributed by atoms with Crippen LogP contribution >= 0.6 is 23.2 Å². The van der Waals surface area contributed by atoms with Gasteiger partial charge < -0.3 is 4.74 Å². The zero-order valence-electron chi connectivity index (χ0n) is 13.6. The molecule has 1 aromatic heterocycles. The largest absolute Gasteiger partial charge is 0.404 e. The Balaban J connectivity index is 2.03. The maximum absolute atomic E-state index is 12.5. The van der Waals surface area contributed by atoms with E-state index in [4.69, 9.17) is 27.9 Å². The number of carbonyl (C=O) groups is 1. The summed E-state index contributed by atoms with van der Waals surface area (Å²) in [6.45, 7) is 4.07. The van der Waals surface area contributed by atoms with Gasteiger partial charge in [0.25, 0.3) is 0 Å². The van der Waals surface area contributed by atoms with Crippen LogP contribution in [0.1, 0.15) is 33.8 Å². The molecule has 9 heteroatoms. The molecule has 3 rings (SSSR count). The van der Waals surface area contributed by atoms with Gasteiger partial charge >= 0.3 is 5.97 Å². The molecule has 134 valence electrons. The topological polar surface area (TPSA) is 78.3 Å². The summed E-state index contributed by atoms with van der Waals surface area (Å²) < 4.78 is 31.6. The first-order valence-corrected chi connectivity index (χ1v) is 10.2. The molecule has 1 aromatic carbocycles. The van der Waals surface area contributed by atoms with Crippen LogP contribution in [0.25, 0.3) is 0 Å². The summed E-state index contributed by atoms with van der Waals surface area (Å²) in [6.07, 6.45) is 1.53. The molecule has 0 saturated heterocycles. The normalized spacial score (nSPS) is 21.6. The molecule has 0 fully saturated rings. The van der Waals surface area contributed by atoms with Crippen molar-refractivity contribution in [1.29, 1.82) is 0 Å². The molecule has 2 heterocycles. The fourth-order valence-electron chi connectivity index (χ4n) is 2.90. The van der Waals surface area contributed by atoms with Crippen molar-refractivity contribution < 1.29 is 17.9 Å². The van der Waals surface area contributed by atoms with Gasteiger partial charge in [-0.2, -0.15) is 5.10 Å². The molecular weight excluding hydrogens is 387 g/mol. The first-order chi connectivity index (χ1) is 11.8. The second-order valence-corrected chi connectivity index (χ2v) is 8.76. The molecule has 25 heavy (non-hydrogen) atoms. The van der Waals surface area contributed by atoms with Crippen molar-refractivity contribution in [2.24, 2.45) is 0 Å². The highest BCUT2D eigenvalue weighted by Gasteiger charge is 2.38. The zero-order chi connectivity index (χ0) is 18.4. The lowest BCUT2D eigenvalue weighted by molar-refractivity contribution is 0.0717. The Kier molecular flexibility index (Phi) is 4.83. The average Bonchev–Trinajstić information content (AvgIpc) is 2.99. The van der Waals surface area contributed by atoms with Crippen LogP contribution in [0, 0.1) is 6.92 Å². The maximum Gasteiger partial charge on any atom is 0.345 e. The summed E-state index contributed by atoms with van der Waals surface area (Å²) in [5, 5.41) is 2.58. The van der Waals surface area contributed by atoms with Crippen LogP contribution in [-0.4, -0.2) is 35.3 Å². The number of fused-ring (bicyclic) bond motifs is 1. The fraction of sp³-hybridized carbons (Fsp3) is 0.375. The number of hydrogen-bond donors (Lipinski definition) is 0. The van der Waals surface area contributed by atoms with Gasteiger partial charge in [0.2, 0.25) is 5.88 Å². The molecule has 0 aliphatic carbocycles. The minimum Gasteiger partial charge on any atom is -0.404 e. The molecule has 0 spiro atoms. The summed E-state index contributed by atoms with van der Waals surface area (Å²) in [5.74, 6) is -0.516. The number of rotatable bonds is 3. The van der Waals surface area contributed by atoms with Gasteiger partial charge in [0.1, 0.15) is 0 Å². The molecule has 2 unspecified atom stereocenters. The number of sulfone groups is 1. The van der Waals surface area contributed by atoms with Crippen molar-refractivity contribution in [2.75, 3.05) is 5.75 Å². The van der Waals surface area contributed by atoms with Gasteiger partial charge in [0.15, 0.2) is 9.84 Å². The van der Waals surface area contributed by atoms with Crippen molar-refractivity contribution in [2.45, 2.75) is 36.0 Å². The molecule has 0 saturated carbocycles. The third kappa shape index (κ3) is 3.16. The Hall–Kier alpha value is -1.57. The van der Waals surface area contributed by atoms with E-state index in [1.54, 1.807) is 13.0 Å². The highest BCUT2D eigenvalue weighted by Crippen LogP contribution is 2.41. The highest BCUT2D eigenvalue weighted by molar-refractivity contribution is 7.91. The number of hydrogen-bond acceptors (Lipinski definition) is 5. The van der Waals surface area contributed by atoms with E-state index in [1.165, 1.54) is 23.0 Å². The second-order valence-electron chi connectivity index (χ2n) is 5.72. The van der Waals surface area contributed by atoms with Crippen molar-refractivity contribution >= 4 is 39.0 Å². The molecule has 2 aromatic rings. The summed E-state index contributed by atoms with van der Waals surface area (Å²) in [6, 6.07) is 4.42. The van der Waals surface area contributed by atoms with Crippen LogP contribution in [0.3, 0.4) is 0 Å². The average molecular weight is 403 g/mol. The smallest absolute Gasteiger partial charge is 0.345 e. The molecule has 0 N–H and O–H groups in total. The Bertz CT molecular complexity index is 940. The van der Waals surface area contributed by atoms with Gasteiger partial charge in [0.05, 0.1) is 33.2 Å². The molecule has 0 bridgehead atoms. The van der Waals surface area contributed by atoms with E-state index in [0.717, 1.165) is 0 Å². The quantitative estimate of drug-likeness (QED) is 0.581. The van der Waals surface area contributed by atoms with Crippen LogP contribution in [-0.2, 0) is 16.4 Å². The highest BCUT2D eigenvalue weighted by atomic mass is 35.5. The number of halogens is 2. The van der Waals surface area contributed by atoms with Crippen molar-refractivity contribution in [1.82, 2.24) is 9.78 Å². The van der Waals surface area contributed by atoms with Gasteiger partial charge in [-0.05, 0) is 37.1 Å². The van der Waals surface area contributed by atoms with E-state index in [1.807, 2.05) is 6.92 Å². The van der Waals surface area contributed by atoms with E-state index in [0.29, 0.717) is 23.6 Å². The van der Waals surface area contributed by atoms with E-state index < -0.39 is 26.6 Å². The van der Waals surface area contributed by atoms with Crippen LogP contribution in [0.5, 0.6) is 5.88 Å². The van der Waals surface area contributed by atoms with Gasteiger partial charge in [0, 0.05) is 12.6 Å². The predicted molar refractivity (Wildman–Crippen MR) is 94.3 cm³/mol. The van der Waals surface area contributed by atoms with Gasteiger partial charge in [-0.1, -0.05) is 0 Å². The lowest BCUT2D eigenvalue weighted by Gasteiger charge is -2.27. The molecule has 0 radical (unpaired) electrons. The number of carbonyl (C=O) groups excluding carboxylic acids is 1. The summed E-state index contributed by atoms with van der Waals surface area (Å²) in [5.41, 5.74) is 1.07. The lowest BCUT2D eigenvalue weighted by Crippen LogP contribution is -2.29. The predicted octanol–water partition coefficient (Wildman–Crippen LogP) is 3.11. The van der Waals surface area contributed by atoms with Crippen molar-refractivity contribution in [3.8, 4) is 5.88 Å².